The average Bonchev–Trinajstić information content (AvgIpc) is 3.55. The zero-order valence-electron chi connectivity index (χ0n) is 26.3. The van der Waals surface area contributed by atoms with E-state index in [2.05, 4.69) is 193 Å². The Morgan fingerprint density at radius 2 is 0.938 bits per heavy atom. The topological polar surface area (TPSA) is 3.24 Å². The zero-order chi connectivity index (χ0) is 31.9. The van der Waals surface area contributed by atoms with Gasteiger partial charge in [-0.15, -0.1) is 11.3 Å². The summed E-state index contributed by atoms with van der Waals surface area (Å²) < 4.78 is 2.58. The molecule has 8 aromatic carbocycles. The van der Waals surface area contributed by atoms with Crippen LogP contribution < -0.4 is 4.90 Å². The van der Waals surface area contributed by atoms with Crippen molar-refractivity contribution in [1.29, 1.82) is 0 Å². The maximum absolute atomic E-state index is 2.46. The first-order valence-corrected chi connectivity index (χ1v) is 17.2. The predicted molar refractivity (Wildman–Crippen MR) is 208 cm³/mol. The Hall–Kier alpha value is -5.96. The standard InChI is InChI=1S/C46H31NS/c1-2-14-33(15-3-1)40-23-6-8-27-43(40)47(44-28-13-26-42-41-24-7-9-29-45(41)48-46(42)44)37-21-11-19-35(31-37)34-18-10-20-36(30-34)39-25-12-17-32-16-4-5-22-38(32)39/h1-31H. The molecule has 1 nitrogen and oxygen atoms in total. The second kappa shape index (κ2) is 12.0. The van der Waals surface area contributed by atoms with E-state index in [0.29, 0.717) is 0 Å². The van der Waals surface area contributed by atoms with Crippen molar-refractivity contribution in [1.82, 2.24) is 0 Å². The molecule has 9 aromatic rings. The summed E-state index contributed by atoms with van der Waals surface area (Å²) in [5.41, 5.74) is 10.7. The van der Waals surface area contributed by atoms with Gasteiger partial charge in [-0.25, -0.2) is 0 Å². The van der Waals surface area contributed by atoms with Crippen molar-refractivity contribution in [3.63, 3.8) is 0 Å². The number of benzene rings is 8. The monoisotopic (exact) mass is 629 g/mol. The van der Waals surface area contributed by atoms with Gasteiger partial charge in [-0.2, -0.15) is 0 Å². The Kier molecular flexibility index (Phi) is 7.07. The molecule has 0 fully saturated rings. The van der Waals surface area contributed by atoms with Gasteiger partial charge in [-0.3, -0.25) is 0 Å². The first kappa shape index (κ1) is 28.3. The van der Waals surface area contributed by atoms with E-state index in [1.54, 1.807) is 0 Å². The minimum atomic E-state index is 1.12. The predicted octanol–water partition coefficient (Wildman–Crippen LogP) is 13.7. The fourth-order valence-electron chi connectivity index (χ4n) is 7.01. The van der Waals surface area contributed by atoms with E-state index >= 15 is 0 Å². The smallest absolute Gasteiger partial charge is 0.0640 e. The summed E-state index contributed by atoms with van der Waals surface area (Å²) >= 11 is 1.87. The lowest BCUT2D eigenvalue weighted by atomic mass is 9.95. The molecule has 0 aliphatic rings. The van der Waals surface area contributed by atoms with E-state index in [4.69, 9.17) is 0 Å². The largest absolute Gasteiger partial charge is 0.308 e. The van der Waals surface area contributed by atoms with Crippen LogP contribution in [0.15, 0.2) is 188 Å². The molecular weight excluding hydrogens is 599 g/mol. The molecule has 9 rings (SSSR count). The zero-order valence-corrected chi connectivity index (χ0v) is 27.1. The summed E-state index contributed by atoms with van der Waals surface area (Å²) in [6.07, 6.45) is 0. The molecule has 226 valence electrons. The van der Waals surface area contributed by atoms with Crippen molar-refractivity contribution in [3.8, 4) is 33.4 Å². The van der Waals surface area contributed by atoms with Crippen molar-refractivity contribution in [3.05, 3.63) is 188 Å². The van der Waals surface area contributed by atoms with Crippen LogP contribution in [-0.4, -0.2) is 0 Å². The van der Waals surface area contributed by atoms with Crippen LogP contribution in [0.2, 0.25) is 0 Å². The second-order valence-corrected chi connectivity index (χ2v) is 13.2. The van der Waals surface area contributed by atoms with E-state index in [-0.39, 0.29) is 0 Å². The molecule has 48 heavy (non-hydrogen) atoms. The van der Waals surface area contributed by atoms with Gasteiger partial charge in [0.1, 0.15) is 0 Å². The van der Waals surface area contributed by atoms with Crippen LogP contribution in [0.5, 0.6) is 0 Å². The van der Waals surface area contributed by atoms with Gasteiger partial charge in [0, 0.05) is 26.7 Å². The molecule has 0 amide bonds. The highest BCUT2D eigenvalue weighted by atomic mass is 32.1. The van der Waals surface area contributed by atoms with Crippen LogP contribution in [0.4, 0.5) is 17.1 Å². The quantitative estimate of drug-likeness (QED) is 0.177. The molecule has 1 aromatic heterocycles. The minimum Gasteiger partial charge on any atom is -0.308 e. The van der Waals surface area contributed by atoms with Gasteiger partial charge in [-0.1, -0.05) is 152 Å². The van der Waals surface area contributed by atoms with Crippen LogP contribution in [0.1, 0.15) is 0 Å². The Morgan fingerprint density at radius 1 is 0.354 bits per heavy atom. The van der Waals surface area contributed by atoms with E-state index < -0.39 is 0 Å². The molecular formula is C46H31NS. The van der Waals surface area contributed by atoms with Gasteiger partial charge in [0.05, 0.1) is 16.1 Å². The van der Waals surface area contributed by atoms with Crippen molar-refractivity contribution in [2.75, 3.05) is 4.90 Å². The fourth-order valence-corrected chi connectivity index (χ4v) is 8.22. The Balaban J connectivity index is 1.24. The molecule has 1 heterocycles. The number of hydrogen-bond acceptors (Lipinski definition) is 2. The average molecular weight is 630 g/mol. The summed E-state index contributed by atoms with van der Waals surface area (Å²) in [6.45, 7) is 0. The first-order valence-electron chi connectivity index (χ1n) is 16.4. The first-order chi connectivity index (χ1) is 23.8. The van der Waals surface area contributed by atoms with E-state index in [1.165, 1.54) is 70.0 Å². The van der Waals surface area contributed by atoms with Crippen LogP contribution in [-0.2, 0) is 0 Å². The lowest BCUT2D eigenvalue weighted by molar-refractivity contribution is 1.30. The Bertz CT molecular complexity index is 2570. The molecule has 0 N–H and O–H groups in total. The third kappa shape index (κ3) is 4.95. The lowest BCUT2D eigenvalue weighted by Gasteiger charge is -2.29. The number of anilines is 3. The maximum atomic E-state index is 2.46. The number of fused-ring (bicyclic) bond motifs is 4. The van der Waals surface area contributed by atoms with Crippen LogP contribution >= 0.6 is 11.3 Å². The van der Waals surface area contributed by atoms with Gasteiger partial charge in [-0.05, 0) is 75.0 Å². The minimum absolute atomic E-state index is 1.12. The van der Waals surface area contributed by atoms with Crippen molar-refractivity contribution in [2.45, 2.75) is 0 Å². The van der Waals surface area contributed by atoms with E-state index in [0.717, 1.165) is 11.4 Å². The summed E-state index contributed by atoms with van der Waals surface area (Å²) in [5.74, 6) is 0. The second-order valence-electron chi connectivity index (χ2n) is 12.1. The van der Waals surface area contributed by atoms with Crippen LogP contribution in [0.25, 0.3) is 64.3 Å². The highest BCUT2D eigenvalue weighted by Gasteiger charge is 2.21. The third-order valence-electron chi connectivity index (χ3n) is 9.26. The molecule has 0 spiro atoms. The highest BCUT2D eigenvalue weighted by Crippen LogP contribution is 2.47. The third-order valence-corrected chi connectivity index (χ3v) is 10.5. The molecule has 0 aliphatic heterocycles. The van der Waals surface area contributed by atoms with Crippen LogP contribution in [0.3, 0.4) is 0 Å². The fraction of sp³-hybridized carbons (Fsp3) is 0. The van der Waals surface area contributed by atoms with Crippen molar-refractivity contribution in [2.24, 2.45) is 0 Å². The normalized spacial score (nSPS) is 11.3. The molecule has 2 heteroatoms. The van der Waals surface area contributed by atoms with Crippen molar-refractivity contribution >= 4 is 59.3 Å². The molecule has 0 radical (unpaired) electrons. The Morgan fingerprint density at radius 3 is 1.85 bits per heavy atom. The summed E-state index contributed by atoms with van der Waals surface area (Å²) in [6, 6.07) is 68.1. The number of thiophene rings is 1. The Labute approximate surface area is 284 Å². The SMILES string of the molecule is c1ccc(-c2ccccc2N(c2cccc(-c3cccc(-c4cccc5ccccc45)c3)c2)c2cccc3c2sc2ccccc23)cc1. The van der Waals surface area contributed by atoms with Gasteiger partial charge < -0.3 is 4.90 Å². The van der Waals surface area contributed by atoms with Gasteiger partial charge in [0.25, 0.3) is 0 Å². The number of para-hydroxylation sites is 1. The van der Waals surface area contributed by atoms with Gasteiger partial charge >= 0.3 is 0 Å². The molecule has 0 aliphatic carbocycles. The number of rotatable bonds is 6. The van der Waals surface area contributed by atoms with E-state index in [9.17, 15) is 0 Å². The lowest BCUT2D eigenvalue weighted by Crippen LogP contribution is -2.11. The molecule has 0 unspecified atom stereocenters. The van der Waals surface area contributed by atoms with Crippen LogP contribution in [0, 0.1) is 0 Å². The molecule has 0 saturated heterocycles. The number of nitrogens with zero attached hydrogens (tertiary/aromatic N) is 1. The molecule has 0 atom stereocenters. The molecule has 0 bridgehead atoms. The number of hydrogen-bond donors (Lipinski definition) is 0. The van der Waals surface area contributed by atoms with E-state index in [1.807, 2.05) is 11.3 Å². The summed E-state index contributed by atoms with van der Waals surface area (Å²) in [7, 11) is 0. The molecule has 0 saturated carbocycles. The van der Waals surface area contributed by atoms with Gasteiger partial charge in [0.2, 0.25) is 0 Å². The maximum Gasteiger partial charge on any atom is 0.0640 e. The summed E-state index contributed by atoms with van der Waals surface area (Å²) in [4.78, 5) is 2.46. The van der Waals surface area contributed by atoms with Crippen molar-refractivity contribution < 1.29 is 0 Å². The highest BCUT2D eigenvalue weighted by molar-refractivity contribution is 7.26. The summed E-state index contributed by atoms with van der Waals surface area (Å²) in [5, 5.41) is 5.11. The van der Waals surface area contributed by atoms with Gasteiger partial charge in [0.15, 0.2) is 0 Å².